The minimum Gasteiger partial charge on any atom is -0.396 e. The number of hydrogen-bond acceptors (Lipinski definition) is 3. The maximum Gasteiger partial charge on any atom is 0.120 e. The van der Waals surface area contributed by atoms with Crippen LogP contribution in [0.25, 0.3) is 0 Å². The van der Waals surface area contributed by atoms with Crippen molar-refractivity contribution in [2.75, 3.05) is 6.61 Å². The molecule has 1 N–H and O–H groups in total. The number of oxime groups is 1. The van der Waals surface area contributed by atoms with Gasteiger partial charge in [0.1, 0.15) is 6.61 Å². The summed E-state index contributed by atoms with van der Waals surface area (Å²) < 4.78 is 0. The fourth-order valence-corrected chi connectivity index (χ4v) is 1.55. The van der Waals surface area contributed by atoms with Gasteiger partial charge in [-0.25, -0.2) is 0 Å². The minimum atomic E-state index is -0.109. The highest BCUT2D eigenvalue weighted by atomic mass is 16.6. The highest BCUT2D eigenvalue weighted by Gasteiger charge is 2.22. The van der Waals surface area contributed by atoms with Crippen LogP contribution in [0.3, 0.4) is 0 Å². The van der Waals surface area contributed by atoms with E-state index in [0.717, 1.165) is 43.9 Å². The Labute approximate surface area is 78.8 Å². The van der Waals surface area contributed by atoms with E-state index in [1.165, 1.54) is 12.8 Å². The number of aliphatic hydroxyl groups is 1. The van der Waals surface area contributed by atoms with Gasteiger partial charge in [0.2, 0.25) is 0 Å². The van der Waals surface area contributed by atoms with Crippen molar-refractivity contribution in [3.05, 3.63) is 0 Å². The molecule has 3 heteroatoms. The zero-order chi connectivity index (χ0) is 9.10. The number of rotatable bonds is 3. The van der Waals surface area contributed by atoms with Crippen molar-refractivity contribution in [1.29, 1.82) is 0 Å². The smallest absolute Gasteiger partial charge is 0.120 e. The third kappa shape index (κ3) is 2.99. The second-order valence-corrected chi connectivity index (χ2v) is 4.13. The normalized spacial score (nSPS) is 28.7. The lowest BCUT2D eigenvalue weighted by atomic mass is 9.96. The van der Waals surface area contributed by atoms with Crippen molar-refractivity contribution in [3.8, 4) is 0 Å². The monoisotopic (exact) mass is 183 g/mol. The van der Waals surface area contributed by atoms with E-state index >= 15 is 0 Å². The van der Waals surface area contributed by atoms with Gasteiger partial charge in [-0.2, -0.15) is 0 Å². The summed E-state index contributed by atoms with van der Waals surface area (Å²) in [5.41, 5.74) is 1.13. The third-order valence-electron chi connectivity index (χ3n) is 2.73. The van der Waals surface area contributed by atoms with Gasteiger partial charge in [0.15, 0.2) is 0 Å². The number of aliphatic hydroxyl groups excluding tert-OH is 1. The van der Waals surface area contributed by atoms with Crippen molar-refractivity contribution in [1.82, 2.24) is 0 Å². The maximum absolute atomic E-state index is 9.25. The Morgan fingerprint density at radius 2 is 1.92 bits per heavy atom. The van der Waals surface area contributed by atoms with E-state index in [1.54, 1.807) is 0 Å². The first-order valence-electron chi connectivity index (χ1n) is 5.20. The van der Waals surface area contributed by atoms with E-state index in [-0.39, 0.29) is 6.10 Å². The molecule has 2 rings (SSSR count). The Morgan fingerprint density at radius 3 is 2.54 bits per heavy atom. The van der Waals surface area contributed by atoms with Crippen molar-refractivity contribution in [3.63, 3.8) is 0 Å². The van der Waals surface area contributed by atoms with Gasteiger partial charge in [-0.3, -0.25) is 0 Å². The molecule has 2 aliphatic carbocycles. The molecule has 2 fully saturated rings. The molecule has 0 heterocycles. The largest absolute Gasteiger partial charge is 0.396 e. The summed E-state index contributed by atoms with van der Waals surface area (Å²) in [4.78, 5) is 5.24. The summed E-state index contributed by atoms with van der Waals surface area (Å²) in [6.45, 7) is 0.798. The Hall–Kier alpha value is -0.570. The van der Waals surface area contributed by atoms with Crippen LogP contribution in [0.15, 0.2) is 5.16 Å². The van der Waals surface area contributed by atoms with E-state index in [9.17, 15) is 5.11 Å². The van der Waals surface area contributed by atoms with E-state index < -0.39 is 0 Å². The van der Waals surface area contributed by atoms with Gasteiger partial charge in [-0.1, -0.05) is 5.16 Å². The van der Waals surface area contributed by atoms with Crippen LogP contribution in [-0.4, -0.2) is 23.5 Å². The summed E-state index contributed by atoms with van der Waals surface area (Å²) in [7, 11) is 0. The Kier molecular flexibility index (Phi) is 2.83. The lowest BCUT2D eigenvalue weighted by Crippen LogP contribution is -2.18. The molecule has 13 heavy (non-hydrogen) atoms. The molecule has 0 bridgehead atoms. The zero-order valence-electron chi connectivity index (χ0n) is 7.91. The van der Waals surface area contributed by atoms with E-state index in [0.29, 0.717) is 0 Å². The first-order valence-corrected chi connectivity index (χ1v) is 5.20. The highest BCUT2D eigenvalue weighted by molar-refractivity contribution is 5.84. The van der Waals surface area contributed by atoms with E-state index in [1.807, 2.05) is 0 Å². The van der Waals surface area contributed by atoms with Crippen LogP contribution >= 0.6 is 0 Å². The van der Waals surface area contributed by atoms with Gasteiger partial charge in [0.25, 0.3) is 0 Å². The Balaban J connectivity index is 1.66. The lowest BCUT2D eigenvalue weighted by Gasteiger charge is -2.17. The molecule has 0 saturated heterocycles. The van der Waals surface area contributed by atoms with Crippen LogP contribution in [0.4, 0.5) is 0 Å². The standard InChI is InChI=1S/C10H17NO2/c12-10-5-3-9(4-6-10)11-13-7-8-1-2-8/h8,10,12H,1-7H2. The summed E-state index contributed by atoms with van der Waals surface area (Å²) in [5, 5.41) is 13.4. The summed E-state index contributed by atoms with van der Waals surface area (Å²) in [5.74, 6) is 0.776. The molecule has 74 valence electrons. The first-order chi connectivity index (χ1) is 6.34. The molecule has 0 radical (unpaired) electrons. The molecule has 0 amide bonds. The summed E-state index contributed by atoms with van der Waals surface area (Å²) in [6.07, 6.45) is 6.03. The van der Waals surface area contributed by atoms with E-state index in [2.05, 4.69) is 5.16 Å². The van der Waals surface area contributed by atoms with Crippen LogP contribution in [0, 0.1) is 5.92 Å². The molecule has 0 aromatic carbocycles. The van der Waals surface area contributed by atoms with Crippen molar-refractivity contribution in [2.45, 2.75) is 44.6 Å². The van der Waals surface area contributed by atoms with Crippen LogP contribution in [0.5, 0.6) is 0 Å². The Bertz CT molecular complexity index is 189. The van der Waals surface area contributed by atoms with E-state index in [4.69, 9.17) is 4.84 Å². The van der Waals surface area contributed by atoms with Gasteiger partial charge in [0.05, 0.1) is 11.8 Å². The summed E-state index contributed by atoms with van der Waals surface area (Å²) in [6, 6.07) is 0. The second-order valence-electron chi connectivity index (χ2n) is 4.13. The second kappa shape index (κ2) is 4.09. The molecule has 0 spiro atoms. The SMILES string of the molecule is OC1CCC(=NOCC2CC2)CC1. The first kappa shape index (κ1) is 9.00. The van der Waals surface area contributed by atoms with Gasteiger partial charge >= 0.3 is 0 Å². The third-order valence-corrected chi connectivity index (χ3v) is 2.73. The predicted octanol–water partition coefficient (Wildman–Crippen LogP) is 1.70. The van der Waals surface area contributed by atoms with Crippen molar-refractivity contribution in [2.24, 2.45) is 11.1 Å². The number of nitrogens with zero attached hydrogens (tertiary/aromatic N) is 1. The van der Waals surface area contributed by atoms with Crippen LogP contribution in [0.2, 0.25) is 0 Å². The quantitative estimate of drug-likeness (QED) is 0.677. The molecular formula is C10H17NO2. The Morgan fingerprint density at radius 1 is 1.23 bits per heavy atom. The topological polar surface area (TPSA) is 41.8 Å². The molecule has 0 aliphatic heterocycles. The minimum absolute atomic E-state index is 0.109. The average Bonchev–Trinajstić information content (AvgIpc) is 2.92. The maximum atomic E-state index is 9.25. The molecule has 0 atom stereocenters. The van der Waals surface area contributed by atoms with Gasteiger partial charge in [-0.05, 0) is 44.4 Å². The molecule has 0 aromatic rings. The van der Waals surface area contributed by atoms with Gasteiger partial charge in [0, 0.05) is 0 Å². The van der Waals surface area contributed by atoms with Crippen molar-refractivity contribution < 1.29 is 9.94 Å². The van der Waals surface area contributed by atoms with Crippen LogP contribution in [0.1, 0.15) is 38.5 Å². The molecule has 3 nitrogen and oxygen atoms in total. The molecular weight excluding hydrogens is 166 g/mol. The molecule has 2 saturated carbocycles. The fraction of sp³-hybridized carbons (Fsp3) is 0.900. The molecule has 0 unspecified atom stereocenters. The lowest BCUT2D eigenvalue weighted by molar-refractivity contribution is 0.125. The average molecular weight is 183 g/mol. The fourth-order valence-electron chi connectivity index (χ4n) is 1.55. The predicted molar refractivity (Wildman–Crippen MR) is 50.6 cm³/mol. The van der Waals surface area contributed by atoms with Gasteiger partial charge in [-0.15, -0.1) is 0 Å². The zero-order valence-corrected chi connectivity index (χ0v) is 7.91. The van der Waals surface area contributed by atoms with Crippen LogP contribution in [-0.2, 0) is 4.84 Å². The molecule has 0 aromatic heterocycles. The van der Waals surface area contributed by atoms with Crippen LogP contribution < -0.4 is 0 Å². The summed E-state index contributed by atoms with van der Waals surface area (Å²) >= 11 is 0. The molecule has 2 aliphatic rings. The highest BCUT2D eigenvalue weighted by Crippen LogP contribution is 2.29. The van der Waals surface area contributed by atoms with Crippen molar-refractivity contribution >= 4 is 5.71 Å². The van der Waals surface area contributed by atoms with Gasteiger partial charge < -0.3 is 9.94 Å². The number of hydrogen-bond donors (Lipinski definition) is 1.